The van der Waals surface area contributed by atoms with Crippen LogP contribution in [0.3, 0.4) is 0 Å². The quantitative estimate of drug-likeness (QED) is 0.401. The zero-order chi connectivity index (χ0) is 13.5. The number of esters is 1. The molecule has 2 unspecified atom stereocenters. The minimum absolute atomic E-state index is 0.0460. The van der Waals surface area contributed by atoms with Gasteiger partial charge >= 0.3 is 13.6 Å². The zero-order valence-corrected chi connectivity index (χ0v) is 10.9. The van der Waals surface area contributed by atoms with E-state index in [2.05, 4.69) is 19.7 Å². The van der Waals surface area contributed by atoms with Crippen LogP contribution in [0.25, 0.3) is 0 Å². The molecule has 0 heterocycles. The largest absolute Gasteiger partial charge is 0.447 e. The topological polar surface area (TPSA) is 61.8 Å². The van der Waals surface area contributed by atoms with E-state index >= 15 is 0 Å². The van der Waals surface area contributed by atoms with Crippen molar-refractivity contribution in [3.8, 4) is 12.3 Å². The van der Waals surface area contributed by atoms with Crippen LogP contribution >= 0.6 is 7.60 Å². The van der Waals surface area contributed by atoms with Crippen molar-refractivity contribution in [2.75, 3.05) is 13.2 Å². The summed E-state index contributed by atoms with van der Waals surface area (Å²) >= 11 is 0. The Labute approximate surface area is 100 Å². The summed E-state index contributed by atoms with van der Waals surface area (Å²) in [6.45, 7) is 4.31. The van der Waals surface area contributed by atoms with Crippen LogP contribution in [0, 0.1) is 12.3 Å². The van der Waals surface area contributed by atoms with Crippen molar-refractivity contribution in [1.29, 1.82) is 0 Å². The first-order chi connectivity index (χ1) is 7.91. The van der Waals surface area contributed by atoms with Gasteiger partial charge in [-0.3, -0.25) is 4.57 Å². The molecule has 0 rings (SSSR count). The van der Waals surface area contributed by atoms with Gasteiger partial charge < -0.3 is 13.8 Å². The van der Waals surface area contributed by atoms with Gasteiger partial charge in [0, 0.05) is 0 Å². The zero-order valence-electron chi connectivity index (χ0n) is 10.0. The van der Waals surface area contributed by atoms with Crippen molar-refractivity contribution in [2.45, 2.75) is 32.8 Å². The van der Waals surface area contributed by atoms with Crippen LogP contribution in [-0.2, 0) is 23.1 Å². The van der Waals surface area contributed by atoms with Crippen LogP contribution in [0.15, 0.2) is 0 Å². The molecule has 98 valence electrons. The highest BCUT2D eigenvalue weighted by atomic mass is 31.2. The van der Waals surface area contributed by atoms with Gasteiger partial charge in [-0.15, -0.1) is 6.42 Å². The summed E-state index contributed by atoms with van der Waals surface area (Å²) < 4.78 is 39.4. The molecule has 0 aliphatic rings. The van der Waals surface area contributed by atoms with E-state index in [9.17, 15) is 13.8 Å². The average Bonchev–Trinajstić information content (AvgIpc) is 2.28. The Morgan fingerprint density at radius 1 is 1.41 bits per heavy atom. The Bertz CT molecular complexity index is 328. The van der Waals surface area contributed by atoms with Crippen LogP contribution < -0.4 is 0 Å². The van der Waals surface area contributed by atoms with Gasteiger partial charge in [-0.2, -0.15) is 0 Å². The number of hydrogen-bond donors (Lipinski definition) is 0. The molecule has 0 aliphatic heterocycles. The number of alkyl halides is 1. The molecule has 0 radical (unpaired) electrons. The van der Waals surface area contributed by atoms with Gasteiger partial charge in [0.15, 0.2) is 6.10 Å². The maximum Gasteiger partial charge on any atom is 0.376 e. The van der Waals surface area contributed by atoms with Crippen LogP contribution in [-0.4, -0.2) is 31.2 Å². The highest BCUT2D eigenvalue weighted by molar-refractivity contribution is 7.55. The molecule has 0 saturated heterocycles. The molecular formula is C10H16FO5P. The molecule has 0 aliphatic carbocycles. The maximum absolute atomic E-state index is 13.7. The van der Waals surface area contributed by atoms with Gasteiger partial charge in [0.2, 0.25) is 0 Å². The van der Waals surface area contributed by atoms with Crippen molar-refractivity contribution in [1.82, 2.24) is 0 Å². The smallest absolute Gasteiger partial charge is 0.376 e. The first kappa shape index (κ1) is 16.1. The second-order valence-corrected chi connectivity index (χ2v) is 5.01. The standard InChI is InChI=1S/C10H16FO5P/c1-5-8(4)16-10(12)9(11)17(13,14-6-2)15-7-3/h1,8-9H,6-7H2,2-4H3. The number of hydrogen-bond acceptors (Lipinski definition) is 5. The summed E-state index contributed by atoms with van der Waals surface area (Å²) in [6.07, 6.45) is 4.06. The van der Waals surface area contributed by atoms with Gasteiger partial charge in [-0.1, -0.05) is 5.92 Å². The maximum atomic E-state index is 13.7. The fourth-order valence-electron chi connectivity index (χ4n) is 0.922. The third kappa shape index (κ3) is 4.86. The molecule has 0 amide bonds. The molecule has 0 aromatic heterocycles. The molecule has 2 atom stereocenters. The van der Waals surface area contributed by atoms with Gasteiger partial charge in [0.05, 0.1) is 13.2 Å². The van der Waals surface area contributed by atoms with Crippen molar-refractivity contribution in [2.24, 2.45) is 0 Å². The van der Waals surface area contributed by atoms with E-state index in [4.69, 9.17) is 6.42 Å². The van der Waals surface area contributed by atoms with E-state index in [1.54, 1.807) is 0 Å². The summed E-state index contributed by atoms with van der Waals surface area (Å²) in [4.78, 5) is 11.3. The summed E-state index contributed by atoms with van der Waals surface area (Å²) in [6, 6.07) is 0. The molecule has 0 bridgehead atoms. The molecule has 0 N–H and O–H groups in total. The first-order valence-corrected chi connectivity index (χ1v) is 6.71. The minimum Gasteiger partial charge on any atom is -0.447 e. The Morgan fingerprint density at radius 3 is 2.24 bits per heavy atom. The normalized spacial score (nSPS) is 14.8. The van der Waals surface area contributed by atoms with E-state index in [0.717, 1.165) is 0 Å². The predicted octanol–water partition coefficient (Wildman–Crippen LogP) is 2.11. The van der Waals surface area contributed by atoms with Gasteiger partial charge in [-0.25, -0.2) is 9.18 Å². The van der Waals surface area contributed by atoms with Crippen LogP contribution in [0.1, 0.15) is 20.8 Å². The summed E-state index contributed by atoms with van der Waals surface area (Å²) in [5.74, 6) is -1.75. The number of halogens is 1. The van der Waals surface area contributed by atoms with E-state index in [1.807, 2.05) is 0 Å². The highest BCUT2D eigenvalue weighted by Crippen LogP contribution is 2.54. The number of ether oxygens (including phenoxy) is 1. The highest BCUT2D eigenvalue weighted by Gasteiger charge is 2.43. The number of carbonyl (C=O) groups excluding carboxylic acids is 1. The van der Waals surface area contributed by atoms with Crippen molar-refractivity contribution in [3.63, 3.8) is 0 Å². The molecule has 5 nitrogen and oxygen atoms in total. The predicted molar refractivity (Wildman–Crippen MR) is 60.1 cm³/mol. The van der Waals surface area contributed by atoms with Crippen molar-refractivity contribution < 1.29 is 27.5 Å². The monoisotopic (exact) mass is 266 g/mol. The van der Waals surface area contributed by atoms with Crippen LogP contribution in [0.5, 0.6) is 0 Å². The van der Waals surface area contributed by atoms with Gasteiger partial charge in [0.1, 0.15) is 0 Å². The molecule has 0 aromatic carbocycles. The number of terminal acetylenes is 1. The number of carbonyl (C=O) groups is 1. The Kier molecular flexibility index (Phi) is 7.05. The molecule has 17 heavy (non-hydrogen) atoms. The number of rotatable bonds is 7. The molecule has 0 spiro atoms. The van der Waals surface area contributed by atoms with Crippen molar-refractivity contribution >= 4 is 13.6 Å². The Balaban J connectivity index is 4.73. The van der Waals surface area contributed by atoms with E-state index < -0.39 is 25.6 Å². The second-order valence-electron chi connectivity index (χ2n) is 2.96. The summed E-state index contributed by atoms with van der Waals surface area (Å²) in [7, 11) is -4.14. The average molecular weight is 266 g/mol. The van der Waals surface area contributed by atoms with Gasteiger partial charge in [0.25, 0.3) is 5.91 Å². The third-order valence-corrected chi connectivity index (χ3v) is 3.62. The fourth-order valence-corrected chi connectivity index (χ4v) is 2.30. The minimum atomic E-state index is -4.14. The molecule has 7 heteroatoms. The lowest BCUT2D eigenvalue weighted by molar-refractivity contribution is -0.149. The summed E-state index contributed by atoms with van der Waals surface area (Å²) in [5, 5.41) is 0. The van der Waals surface area contributed by atoms with Crippen LogP contribution in [0.2, 0.25) is 0 Å². The second kappa shape index (κ2) is 7.44. The summed E-state index contributed by atoms with van der Waals surface area (Å²) in [5.41, 5.74) is 0. The first-order valence-electron chi connectivity index (χ1n) is 5.10. The Hall–Kier alpha value is -0.890. The SMILES string of the molecule is C#CC(C)OC(=O)C(F)P(=O)(OCC)OCC. The van der Waals surface area contributed by atoms with E-state index in [-0.39, 0.29) is 13.2 Å². The molecule has 0 aromatic rings. The van der Waals surface area contributed by atoms with E-state index in [0.29, 0.717) is 0 Å². The van der Waals surface area contributed by atoms with Crippen LogP contribution in [0.4, 0.5) is 4.39 Å². The molecular weight excluding hydrogens is 250 g/mol. The van der Waals surface area contributed by atoms with Gasteiger partial charge in [-0.05, 0) is 20.8 Å². The van der Waals surface area contributed by atoms with E-state index in [1.165, 1.54) is 20.8 Å². The fraction of sp³-hybridized carbons (Fsp3) is 0.700. The lowest BCUT2D eigenvalue weighted by Crippen LogP contribution is -2.24. The lowest BCUT2D eigenvalue weighted by atomic mass is 10.4. The lowest BCUT2D eigenvalue weighted by Gasteiger charge is -2.20. The molecule has 0 fully saturated rings. The van der Waals surface area contributed by atoms with Crippen molar-refractivity contribution in [3.05, 3.63) is 0 Å². The Morgan fingerprint density at radius 2 is 1.88 bits per heavy atom. The molecule has 0 saturated carbocycles. The third-order valence-electron chi connectivity index (χ3n) is 1.62.